The Bertz CT molecular complexity index is 1090. The molecule has 0 unspecified atom stereocenters. The number of aromatic nitrogens is 3. The summed E-state index contributed by atoms with van der Waals surface area (Å²) < 4.78 is 26.1. The third-order valence-electron chi connectivity index (χ3n) is 4.80. The number of alkyl carbamates (subject to hydrolysis) is 1. The molecule has 0 aliphatic heterocycles. The predicted octanol–water partition coefficient (Wildman–Crippen LogP) is 5.47. The summed E-state index contributed by atoms with van der Waals surface area (Å²) in [7, 11) is 0. The Balaban J connectivity index is 1.76. The van der Waals surface area contributed by atoms with E-state index >= 15 is 0 Å². The van der Waals surface area contributed by atoms with E-state index in [-0.39, 0.29) is 18.3 Å². The molecule has 2 heterocycles. The van der Waals surface area contributed by atoms with Gasteiger partial charge in [-0.25, -0.2) is 14.2 Å². The molecule has 0 bridgehead atoms. The van der Waals surface area contributed by atoms with Gasteiger partial charge in [-0.3, -0.25) is 5.10 Å². The quantitative estimate of drug-likeness (QED) is 0.506. The molecule has 1 amide bonds. The Morgan fingerprint density at radius 3 is 2.62 bits per heavy atom. The molecule has 1 atom stereocenters. The number of halogens is 1. The van der Waals surface area contributed by atoms with Crippen LogP contribution >= 0.6 is 0 Å². The van der Waals surface area contributed by atoms with Gasteiger partial charge in [0, 0.05) is 11.6 Å². The number of nitrogens with zero attached hydrogens (tertiary/aromatic N) is 2. The lowest BCUT2D eigenvalue weighted by Crippen LogP contribution is -2.52. The van der Waals surface area contributed by atoms with E-state index in [0.29, 0.717) is 17.6 Å². The number of hydrogen-bond donors (Lipinski definition) is 2. The van der Waals surface area contributed by atoms with Gasteiger partial charge in [0.15, 0.2) is 17.2 Å². The average Bonchev–Trinajstić information content (AvgIpc) is 3.13. The maximum absolute atomic E-state index is 14.9. The van der Waals surface area contributed by atoms with Crippen molar-refractivity contribution < 1.29 is 18.7 Å². The lowest BCUT2D eigenvalue weighted by molar-refractivity contribution is 0.0406. The molecule has 0 fully saturated rings. The molecule has 172 valence electrons. The van der Waals surface area contributed by atoms with E-state index in [1.165, 1.54) is 6.07 Å². The fourth-order valence-electron chi connectivity index (χ4n) is 3.72. The first-order chi connectivity index (χ1) is 15.0. The second-order valence-corrected chi connectivity index (χ2v) is 9.71. The minimum absolute atomic E-state index is 0.0991. The molecule has 2 aromatic heterocycles. The number of carbonyl (C=O) groups excluding carboxylic acids is 1. The fourth-order valence-corrected chi connectivity index (χ4v) is 3.72. The van der Waals surface area contributed by atoms with Gasteiger partial charge in [0.2, 0.25) is 0 Å². The first-order valence-electron chi connectivity index (χ1n) is 10.7. The number of hydrogen-bond acceptors (Lipinski definition) is 5. The zero-order valence-electron chi connectivity index (χ0n) is 19.5. The van der Waals surface area contributed by atoms with Crippen molar-refractivity contribution in [3.05, 3.63) is 42.5 Å². The van der Waals surface area contributed by atoms with Gasteiger partial charge >= 0.3 is 6.09 Å². The summed E-state index contributed by atoms with van der Waals surface area (Å²) in [6, 6.07) is 6.64. The van der Waals surface area contributed by atoms with Gasteiger partial charge in [-0.1, -0.05) is 19.9 Å². The summed E-state index contributed by atoms with van der Waals surface area (Å²) in [6.45, 7) is 11.5. The largest absolute Gasteiger partial charge is 0.488 e. The van der Waals surface area contributed by atoms with Crippen molar-refractivity contribution in [3.63, 3.8) is 0 Å². The molecular weight excluding hydrogens is 411 g/mol. The Kier molecular flexibility index (Phi) is 6.71. The number of carbonyl (C=O) groups is 1. The van der Waals surface area contributed by atoms with Gasteiger partial charge in [-0.05, 0) is 69.4 Å². The molecule has 32 heavy (non-hydrogen) atoms. The Labute approximate surface area is 187 Å². The molecule has 2 N–H and O–H groups in total. The summed E-state index contributed by atoms with van der Waals surface area (Å²) in [5, 5.41) is 10.5. The third-order valence-corrected chi connectivity index (χ3v) is 4.80. The Morgan fingerprint density at radius 1 is 1.22 bits per heavy atom. The molecule has 0 spiro atoms. The predicted molar refractivity (Wildman–Crippen MR) is 122 cm³/mol. The van der Waals surface area contributed by atoms with Gasteiger partial charge in [0.05, 0.1) is 11.7 Å². The van der Waals surface area contributed by atoms with Crippen LogP contribution in [-0.2, 0) is 4.74 Å². The minimum Gasteiger partial charge on any atom is -0.488 e. The highest BCUT2D eigenvalue weighted by atomic mass is 19.1. The Morgan fingerprint density at radius 2 is 1.97 bits per heavy atom. The van der Waals surface area contributed by atoms with Crippen LogP contribution in [-0.4, -0.2) is 39.0 Å². The van der Waals surface area contributed by atoms with Gasteiger partial charge in [0.1, 0.15) is 12.2 Å². The number of H-pyrrole nitrogens is 1. The highest BCUT2D eigenvalue weighted by molar-refractivity contribution is 5.92. The van der Waals surface area contributed by atoms with Crippen LogP contribution in [0.3, 0.4) is 0 Å². The molecule has 0 radical (unpaired) electrons. The second kappa shape index (κ2) is 9.14. The van der Waals surface area contributed by atoms with Crippen LogP contribution in [0.2, 0.25) is 0 Å². The maximum atomic E-state index is 14.9. The molecule has 0 aliphatic carbocycles. The normalized spacial score (nSPS) is 13.8. The van der Waals surface area contributed by atoms with E-state index in [0.717, 1.165) is 10.9 Å². The highest BCUT2D eigenvalue weighted by Gasteiger charge is 2.31. The van der Waals surface area contributed by atoms with Crippen LogP contribution in [0.15, 0.2) is 36.7 Å². The molecule has 0 saturated carbocycles. The number of fused-ring (bicyclic) bond motifs is 1. The zero-order chi connectivity index (χ0) is 23.5. The van der Waals surface area contributed by atoms with Crippen LogP contribution in [0.25, 0.3) is 22.2 Å². The average molecular weight is 443 g/mol. The van der Waals surface area contributed by atoms with E-state index < -0.39 is 23.1 Å². The Hall–Kier alpha value is -3.16. The van der Waals surface area contributed by atoms with Crippen LogP contribution in [0.5, 0.6) is 5.75 Å². The van der Waals surface area contributed by atoms with Crippen molar-refractivity contribution in [2.45, 2.75) is 59.1 Å². The molecular formula is C24H31FN4O3. The van der Waals surface area contributed by atoms with Crippen LogP contribution in [0.4, 0.5) is 9.18 Å². The van der Waals surface area contributed by atoms with Gasteiger partial charge < -0.3 is 14.8 Å². The topological polar surface area (TPSA) is 89.1 Å². The molecule has 3 aromatic rings. The molecule has 0 saturated heterocycles. The second-order valence-electron chi connectivity index (χ2n) is 9.71. The molecule has 3 rings (SSSR count). The van der Waals surface area contributed by atoms with Crippen molar-refractivity contribution >= 4 is 17.1 Å². The van der Waals surface area contributed by atoms with Crippen molar-refractivity contribution in [3.8, 4) is 16.9 Å². The molecule has 7 nitrogen and oxygen atoms in total. The third kappa shape index (κ3) is 5.96. The molecule has 1 aromatic carbocycles. The molecule has 8 heteroatoms. The van der Waals surface area contributed by atoms with E-state index in [2.05, 4.69) is 34.3 Å². The summed E-state index contributed by atoms with van der Waals surface area (Å²) in [4.78, 5) is 16.6. The fraction of sp³-hybridized carbons (Fsp3) is 0.458. The first kappa shape index (κ1) is 23.5. The summed E-state index contributed by atoms with van der Waals surface area (Å²) in [5.41, 5.74) is 0.820. The van der Waals surface area contributed by atoms with E-state index in [1.54, 1.807) is 45.3 Å². The van der Waals surface area contributed by atoms with E-state index in [1.807, 2.05) is 13.0 Å². The van der Waals surface area contributed by atoms with E-state index in [4.69, 9.17) is 9.47 Å². The van der Waals surface area contributed by atoms with Crippen LogP contribution in [0, 0.1) is 11.7 Å². The maximum Gasteiger partial charge on any atom is 0.408 e. The number of nitrogens with one attached hydrogen (secondary N) is 2. The summed E-state index contributed by atoms with van der Waals surface area (Å²) in [5.74, 6) is -0.0813. The van der Waals surface area contributed by atoms with Gasteiger partial charge in [-0.15, -0.1) is 0 Å². The standard InChI is InChI=1S/C24H31FN4O3/c1-15(2)12-24(6,28-22(30)32-23(3,4)5)14-31-20-8-7-16(11-19(20)25)17-9-10-26-21-18(17)13-27-29-21/h7-11,13,15H,12,14H2,1-6H3,(H,28,30)(H,26,27,29)/t24-/m1/s1. The highest BCUT2D eigenvalue weighted by Crippen LogP contribution is 2.30. The number of pyridine rings is 1. The SMILES string of the molecule is CC(C)C[C@](C)(COc1ccc(-c2ccnc3[nH]ncc23)cc1F)NC(=O)OC(C)(C)C. The minimum atomic E-state index is -0.727. The van der Waals surface area contributed by atoms with Gasteiger partial charge in [-0.2, -0.15) is 5.10 Å². The van der Waals surface area contributed by atoms with Gasteiger partial charge in [0.25, 0.3) is 0 Å². The zero-order valence-corrected chi connectivity index (χ0v) is 19.5. The lowest BCUT2D eigenvalue weighted by Gasteiger charge is -2.33. The number of benzene rings is 1. The number of rotatable bonds is 7. The number of ether oxygens (including phenoxy) is 2. The van der Waals surface area contributed by atoms with Crippen LogP contribution < -0.4 is 10.1 Å². The summed E-state index contributed by atoms with van der Waals surface area (Å²) >= 11 is 0. The number of amides is 1. The number of aromatic amines is 1. The summed E-state index contributed by atoms with van der Waals surface area (Å²) in [6.07, 6.45) is 3.43. The van der Waals surface area contributed by atoms with Crippen molar-refractivity contribution in [1.82, 2.24) is 20.5 Å². The monoisotopic (exact) mass is 442 g/mol. The van der Waals surface area contributed by atoms with Crippen molar-refractivity contribution in [1.29, 1.82) is 0 Å². The van der Waals surface area contributed by atoms with Crippen molar-refractivity contribution in [2.75, 3.05) is 6.61 Å². The van der Waals surface area contributed by atoms with E-state index in [9.17, 15) is 9.18 Å². The first-order valence-corrected chi connectivity index (χ1v) is 10.7. The molecule has 0 aliphatic rings. The van der Waals surface area contributed by atoms with Crippen molar-refractivity contribution in [2.24, 2.45) is 5.92 Å². The lowest BCUT2D eigenvalue weighted by atomic mass is 9.91. The smallest absolute Gasteiger partial charge is 0.408 e. The van der Waals surface area contributed by atoms with Crippen LogP contribution in [0.1, 0.15) is 48.0 Å².